The first-order valence-corrected chi connectivity index (χ1v) is 9.43. The highest BCUT2D eigenvalue weighted by Gasteiger charge is 2.35. The minimum Gasteiger partial charge on any atom is -0.462 e. The van der Waals surface area contributed by atoms with E-state index in [0.29, 0.717) is 25.4 Å². The predicted molar refractivity (Wildman–Crippen MR) is 105 cm³/mol. The number of likely N-dealkylation sites (tertiary alicyclic amines) is 1. The number of carbonyl (C=O) groups excluding carboxylic acids is 3. The summed E-state index contributed by atoms with van der Waals surface area (Å²) in [4.78, 5) is 39.0. The van der Waals surface area contributed by atoms with Crippen LogP contribution in [0.15, 0.2) is 36.5 Å². The van der Waals surface area contributed by atoms with Crippen LogP contribution in [0.4, 0.5) is 5.82 Å². The molecule has 1 unspecified atom stereocenters. The molecule has 1 fully saturated rings. The fraction of sp³-hybridized carbons (Fsp3) is 0.400. The molecule has 154 valence electrons. The molecule has 1 aliphatic heterocycles. The van der Waals surface area contributed by atoms with E-state index >= 15 is 0 Å². The zero-order chi connectivity index (χ0) is 20.8. The fourth-order valence-corrected chi connectivity index (χ4v) is 3.18. The van der Waals surface area contributed by atoms with Crippen molar-refractivity contribution in [3.05, 3.63) is 42.1 Å². The van der Waals surface area contributed by atoms with E-state index in [1.807, 2.05) is 30.3 Å². The number of benzene rings is 1. The number of nitrogens with zero attached hydrogens (tertiary/aromatic N) is 3. The van der Waals surface area contributed by atoms with Crippen LogP contribution >= 0.6 is 0 Å². The van der Waals surface area contributed by atoms with Crippen LogP contribution < -0.4 is 5.32 Å². The molecule has 1 aromatic carbocycles. The van der Waals surface area contributed by atoms with Crippen molar-refractivity contribution in [2.45, 2.75) is 13.3 Å². The van der Waals surface area contributed by atoms with Gasteiger partial charge in [0.2, 0.25) is 11.8 Å². The Labute approximate surface area is 168 Å². The number of rotatable bonds is 8. The number of hydrogen-bond acceptors (Lipinski definition) is 6. The second-order valence-electron chi connectivity index (χ2n) is 6.60. The third-order valence-electron chi connectivity index (χ3n) is 4.66. The second kappa shape index (κ2) is 9.33. The van der Waals surface area contributed by atoms with Crippen molar-refractivity contribution in [2.75, 3.05) is 38.7 Å². The van der Waals surface area contributed by atoms with E-state index < -0.39 is 11.9 Å². The van der Waals surface area contributed by atoms with Gasteiger partial charge in [-0.05, 0) is 19.1 Å². The highest BCUT2D eigenvalue weighted by Crippen LogP contribution is 2.24. The van der Waals surface area contributed by atoms with E-state index in [-0.39, 0.29) is 36.2 Å². The molecule has 1 atom stereocenters. The predicted octanol–water partition coefficient (Wildman–Crippen LogP) is 1.48. The molecule has 0 saturated carbocycles. The molecular weight excluding hydrogens is 376 g/mol. The topological polar surface area (TPSA) is 103 Å². The van der Waals surface area contributed by atoms with Gasteiger partial charge in [-0.25, -0.2) is 9.48 Å². The van der Waals surface area contributed by atoms with Crippen molar-refractivity contribution < 1.29 is 23.9 Å². The maximum Gasteiger partial charge on any atom is 0.343 e. The zero-order valence-corrected chi connectivity index (χ0v) is 16.5. The van der Waals surface area contributed by atoms with Gasteiger partial charge >= 0.3 is 5.97 Å². The lowest BCUT2D eigenvalue weighted by molar-refractivity contribution is -0.128. The van der Waals surface area contributed by atoms with Gasteiger partial charge in [0.25, 0.3) is 0 Å². The van der Waals surface area contributed by atoms with Gasteiger partial charge in [-0.15, -0.1) is 0 Å². The Morgan fingerprint density at radius 2 is 2.03 bits per heavy atom. The number of esters is 1. The molecule has 0 radical (unpaired) electrons. The lowest BCUT2D eigenvalue weighted by atomic mass is 10.1. The molecule has 2 aromatic rings. The van der Waals surface area contributed by atoms with Crippen LogP contribution in [0.2, 0.25) is 0 Å². The monoisotopic (exact) mass is 400 g/mol. The Balaban J connectivity index is 1.83. The maximum atomic E-state index is 12.9. The minimum atomic E-state index is -0.575. The number of anilines is 1. The first-order valence-electron chi connectivity index (χ1n) is 9.43. The standard InChI is InChI=1S/C20H24N4O5/c1-3-29-20(27)16-12-21-24(15-7-5-4-6-8-15)18(16)22-19(26)14-11-17(25)23(13-14)9-10-28-2/h4-8,12,14H,3,9-11,13H2,1-2H3,(H,22,26). The molecule has 2 amide bonds. The highest BCUT2D eigenvalue weighted by atomic mass is 16.5. The Morgan fingerprint density at radius 1 is 1.28 bits per heavy atom. The molecule has 3 rings (SSSR count). The van der Waals surface area contributed by atoms with E-state index in [1.165, 1.54) is 10.9 Å². The average molecular weight is 400 g/mol. The Kier molecular flexibility index (Phi) is 6.61. The van der Waals surface area contributed by atoms with Crippen LogP contribution in [0, 0.1) is 5.92 Å². The average Bonchev–Trinajstić information content (AvgIpc) is 3.31. The van der Waals surface area contributed by atoms with Crippen LogP contribution in [-0.2, 0) is 19.1 Å². The molecule has 1 aromatic heterocycles. The molecular formula is C20H24N4O5. The first-order chi connectivity index (χ1) is 14.0. The van der Waals surface area contributed by atoms with Gasteiger partial charge in [-0.3, -0.25) is 9.59 Å². The largest absolute Gasteiger partial charge is 0.462 e. The van der Waals surface area contributed by atoms with Gasteiger partial charge < -0.3 is 19.7 Å². The summed E-state index contributed by atoms with van der Waals surface area (Å²) < 4.78 is 11.6. The van der Waals surface area contributed by atoms with Crippen LogP contribution in [-0.4, -0.2) is 65.9 Å². The number of para-hydroxylation sites is 1. The molecule has 9 nitrogen and oxygen atoms in total. The lowest BCUT2D eigenvalue weighted by Crippen LogP contribution is -2.31. The Hall–Kier alpha value is -3.20. The summed E-state index contributed by atoms with van der Waals surface area (Å²) in [5, 5.41) is 7.03. The Morgan fingerprint density at radius 3 is 2.72 bits per heavy atom. The molecule has 0 spiro atoms. The highest BCUT2D eigenvalue weighted by molar-refractivity contribution is 6.02. The van der Waals surface area contributed by atoms with Crippen molar-refractivity contribution >= 4 is 23.6 Å². The molecule has 1 aliphatic rings. The van der Waals surface area contributed by atoms with Gasteiger partial charge in [0, 0.05) is 26.6 Å². The van der Waals surface area contributed by atoms with Crippen molar-refractivity contribution in [3.63, 3.8) is 0 Å². The minimum absolute atomic E-state index is 0.0932. The fourth-order valence-electron chi connectivity index (χ4n) is 3.18. The zero-order valence-electron chi connectivity index (χ0n) is 16.5. The van der Waals surface area contributed by atoms with Crippen molar-refractivity contribution in [1.82, 2.24) is 14.7 Å². The number of carbonyl (C=O) groups is 3. The molecule has 29 heavy (non-hydrogen) atoms. The summed E-state index contributed by atoms with van der Waals surface area (Å²) in [6, 6.07) is 9.13. The summed E-state index contributed by atoms with van der Waals surface area (Å²) in [6.45, 7) is 3.07. The number of hydrogen-bond donors (Lipinski definition) is 1. The van der Waals surface area contributed by atoms with Gasteiger partial charge in [0.15, 0.2) is 5.82 Å². The number of nitrogens with one attached hydrogen (secondary N) is 1. The van der Waals surface area contributed by atoms with E-state index in [1.54, 1.807) is 18.9 Å². The molecule has 0 aliphatic carbocycles. The van der Waals surface area contributed by atoms with Gasteiger partial charge in [0.1, 0.15) is 5.56 Å². The Bertz CT molecular complexity index is 880. The number of methoxy groups -OCH3 is 1. The second-order valence-corrected chi connectivity index (χ2v) is 6.60. The van der Waals surface area contributed by atoms with Gasteiger partial charge in [0.05, 0.1) is 31.0 Å². The molecule has 2 heterocycles. The summed E-state index contributed by atoms with van der Waals surface area (Å²) in [5.74, 6) is -1.31. The van der Waals surface area contributed by atoms with E-state index in [4.69, 9.17) is 9.47 Å². The number of aromatic nitrogens is 2. The van der Waals surface area contributed by atoms with E-state index in [9.17, 15) is 14.4 Å². The quantitative estimate of drug-likeness (QED) is 0.674. The normalized spacial score (nSPS) is 16.1. The number of ether oxygens (including phenoxy) is 2. The van der Waals surface area contributed by atoms with Crippen LogP contribution in [0.25, 0.3) is 5.69 Å². The van der Waals surface area contributed by atoms with Crippen molar-refractivity contribution in [3.8, 4) is 5.69 Å². The SMILES string of the molecule is CCOC(=O)c1cnn(-c2ccccc2)c1NC(=O)C1CC(=O)N(CCOC)C1. The molecule has 1 N–H and O–H groups in total. The lowest BCUT2D eigenvalue weighted by Gasteiger charge is -2.16. The van der Waals surface area contributed by atoms with Gasteiger partial charge in [-0.1, -0.05) is 18.2 Å². The summed E-state index contributed by atoms with van der Waals surface area (Å²) in [5.41, 5.74) is 0.840. The van der Waals surface area contributed by atoms with Crippen molar-refractivity contribution in [2.24, 2.45) is 5.92 Å². The van der Waals surface area contributed by atoms with Crippen molar-refractivity contribution in [1.29, 1.82) is 0 Å². The van der Waals surface area contributed by atoms with Crippen LogP contribution in [0.5, 0.6) is 0 Å². The maximum absolute atomic E-state index is 12.9. The molecule has 0 bridgehead atoms. The van der Waals surface area contributed by atoms with E-state index in [2.05, 4.69) is 10.4 Å². The smallest absolute Gasteiger partial charge is 0.343 e. The summed E-state index contributed by atoms with van der Waals surface area (Å²) in [6.07, 6.45) is 1.48. The summed E-state index contributed by atoms with van der Waals surface area (Å²) >= 11 is 0. The van der Waals surface area contributed by atoms with E-state index in [0.717, 1.165) is 0 Å². The first kappa shape index (κ1) is 20.5. The molecule has 1 saturated heterocycles. The third kappa shape index (κ3) is 4.62. The molecule has 9 heteroatoms. The summed E-state index contributed by atoms with van der Waals surface area (Å²) in [7, 11) is 1.56. The third-order valence-corrected chi connectivity index (χ3v) is 4.66. The van der Waals surface area contributed by atoms with Crippen LogP contribution in [0.3, 0.4) is 0 Å². The van der Waals surface area contributed by atoms with Crippen LogP contribution in [0.1, 0.15) is 23.7 Å². The van der Waals surface area contributed by atoms with Gasteiger partial charge in [-0.2, -0.15) is 5.10 Å². The number of amides is 2.